The molecule has 2 aliphatic rings. The van der Waals surface area contributed by atoms with Crippen LogP contribution in [0.4, 0.5) is 0 Å². The highest BCUT2D eigenvalue weighted by molar-refractivity contribution is 5.95. The van der Waals surface area contributed by atoms with Crippen molar-refractivity contribution in [3.63, 3.8) is 0 Å². The summed E-state index contributed by atoms with van der Waals surface area (Å²) in [6.07, 6.45) is 2.32. The predicted molar refractivity (Wildman–Crippen MR) is 82.5 cm³/mol. The number of fused-ring (bicyclic) bond motifs is 1. The quantitative estimate of drug-likeness (QED) is 0.877. The third-order valence-electron chi connectivity index (χ3n) is 4.39. The second kappa shape index (κ2) is 6.57. The lowest BCUT2D eigenvalue weighted by atomic mass is 9.76. The molecule has 1 saturated heterocycles. The Morgan fingerprint density at radius 1 is 1.27 bits per heavy atom. The first kappa shape index (κ1) is 15.2. The number of hydrogen-bond donors (Lipinski definition) is 1. The van der Waals surface area contributed by atoms with E-state index >= 15 is 0 Å². The Hall–Kier alpha value is -1.75. The molecule has 1 heterocycles. The zero-order chi connectivity index (χ0) is 15.5. The molecular formula is C17H23NO4. The van der Waals surface area contributed by atoms with E-state index in [4.69, 9.17) is 14.2 Å². The number of ether oxygens (including phenoxy) is 3. The van der Waals surface area contributed by atoms with E-state index in [9.17, 15) is 4.79 Å². The Morgan fingerprint density at radius 3 is 2.77 bits per heavy atom. The molecule has 22 heavy (non-hydrogen) atoms. The summed E-state index contributed by atoms with van der Waals surface area (Å²) < 4.78 is 16.7. The van der Waals surface area contributed by atoms with Crippen LogP contribution in [0.1, 0.15) is 37.0 Å². The first-order valence-electron chi connectivity index (χ1n) is 8.05. The summed E-state index contributed by atoms with van der Waals surface area (Å²) in [6.45, 7) is 5.76. The Morgan fingerprint density at radius 2 is 2.05 bits per heavy atom. The van der Waals surface area contributed by atoms with Gasteiger partial charge in [0.25, 0.3) is 5.91 Å². The van der Waals surface area contributed by atoms with Crippen molar-refractivity contribution in [3.8, 4) is 11.5 Å². The van der Waals surface area contributed by atoms with Crippen LogP contribution in [0, 0.1) is 5.92 Å². The number of hydrogen-bond acceptors (Lipinski definition) is 4. The molecule has 1 N–H and O–H groups in total. The predicted octanol–water partition coefficient (Wildman–Crippen LogP) is 2.39. The molecule has 1 saturated carbocycles. The van der Waals surface area contributed by atoms with Crippen molar-refractivity contribution < 1.29 is 19.0 Å². The molecule has 3 rings (SSSR count). The summed E-state index contributed by atoms with van der Waals surface area (Å²) in [4.78, 5) is 12.4. The Kier molecular flexibility index (Phi) is 4.52. The lowest BCUT2D eigenvalue weighted by Gasteiger charge is -2.39. The van der Waals surface area contributed by atoms with E-state index in [0.29, 0.717) is 42.3 Å². The van der Waals surface area contributed by atoms with Crippen LogP contribution in [-0.2, 0) is 4.74 Å². The average Bonchev–Trinajstić information content (AvgIpc) is 2.88. The van der Waals surface area contributed by atoms with Crippen molar-refractivity contribution in [1.29, 1.82) is 0 Å². The van der Waals surface area contributed by atoms with Gasteiger partial charge in [0.15, 0.2) is 11.5 Å². The van der Waals surface area contributed by atoms with Gasteiger partial charge in [0, 0.05) is 24.1 Å². The van der Waals surface area contributed by atoms with Crippen molar-refractivity contribution >= 4 is 5.91 Å². The molecule has 0 unspecified atom stereocenters. The fraction of sp³-hybridized carbons (Fsp3) is 0.588. The standard InChI is InChI=1S/C17H23NO4/c1-3-20-14-6-5-11(9-16(14)21-4-2)17(19)18-13-10-15-12(13)7-8-22-15/h5-6,9,12-13,15H,3-4,7-8,10H2,1-2H3,(H,18,19)/t12-,13+,15+/m0/s1. The highest BCUT2D eigenvalue weighted by Crippen LogP contribution is 2.38. The zero-order valence-corrected chi connectivity index (χ0v) is 13.1. The third-order valence-corrected chi connectivity index (χ3v) is 4.39. The molecule has 5 nitrogen and oxygen atoms in total. The van der Waals surface area contributed by atoms with Crippen molar-refractivity contribution in [2.75, 3.05) is 19.8 Å². The van der Waals surface area contributed by atoms with Crippen LogP contribution < -0.4 is 14.8 Å². The van der Waals surface area contributed by atoms with Crippen LogP contribution >= 0.6 is 0 Å². The summed E-state index contributed by atoms with van der Waals surface area (Å²) in [5.74, 6) is 1.72. The smallest absolute Gasteiger partial charge is 0.251 e. The summed E-state index contributed by atoms with van der Waals surface area (Å²) in [7, 11) is 0. The minimum absolute atomic E-state index is 0.0562. The first-order chi connectivity index (χ1) is 10.7. The average molecular weight is 305 g/mol. The molecule has 0 bridgehead atoms. The lowest BCUT2D eigenvalue weighted by molar-refractivity contribution is 0.00809. The highest BCUT2D eigenvalue weighted by Gasteiger charge is 2.45. The minimum atomic E-state index is -0.0562. The Labute approximate surface area is 130 Å². The van der Waals surface area contributed by atoms with Crippen LogP contribution in [0.25, 0.3) is 0 Å². The molecule has 5 heteroatoms. The van der Waals surface area contributed by atoms with E-state index in [0.717, 1.165) is 19.4 Å². The van der Waals surface area contributed by atoms with Crippen molar-refractivity contribution in [3.05, 3.63) is 23.8 Å². The number of carbonyl (C=O) groups is 1. The van der Waals surface area contributed by atoms with E-state index in [1.54, 1.807) is 18.2 Å². The summed E-state index contributed by atoms with van der Waals surface area (Å²) in [5.41, 5.74) is 0.606. The van der Waals surface area contributed by atoms with Gasteiger partial charge in [0.05, 0.1) is 19.3 Å². The maximum atomic E-state index is 12.4. The highest BCUT2D eigenvalue weighted by atomic mass is 16.5. The number of nitrogens with one attached hydrogen (secondary N) is 1. The van der Waals surface area contributed by atoms with Gasteiger partial charge < -0.3 is 19.5 Å². The maximum Gasteiger partial charge on any atom is 0.251 e. The largest absolute Gasteiger partial charge is 0.490 e. The zero-order valence-electron chi connectivity index (χ0n) is 13.1. The van der Waals surface area contributed by atoms with E-state index in [2.05, 4.69) is 5.32 Å². The van der Waals surface area contributed by atoms with Gasteiger partial charge in [-0.2, -0.15) is 0 Å². The molecule has 0 aromatic heterocycles. The molecule has 0 radical (unpaired) electrons. The van der Waals surface area contributed by atoms with Crippen LogP contribution in [0.3, 0.4) is 0 Å². The maximum absolute atomic E-state index is 12.4. The molecule has 120 valence electrons. The molecule has 1 aromatic rings. The molecule has 1 aliphatic heterocycles. The Bertz CT molecular complexity index is 545. The second-order valence-corrected chi connectivity index (χ2v) is 5.70. The normalized spacial score (nSPS) is 26.0. The topological polar surface area (TPSA) is 56.8 Å². The van der Waals surface area contributed by atoms with Gasteiger partial charge in [-0.05, 0) is 44.9 Å². The van der Waals surface area contributed by atoms with Gasteiger partial charge in [0.2, 0.25) is 0 Å². The Balaban J connectivity index is 1.67. The van der Waals surface area contributed by atoms with Gasteiger partial charge in [-0.25, -0.2) is 0 Å². The van der Waals surface area contributed by atoms with Crippen molar-refractivity contribution in [2.24, 2.45) is 5.92 Å². The number of rotatable bonds is 6. The van der Waals surface area contributed by atoms with E-state index in [1.807, 2.05) is 13.8 Å². The molecule has 1 amide bonds. The van der Waals surface area contributed by atoms with Gasteiger partial charge in [-0.15, -0.1) is 0 Å². The third kappa shape index (κ3) is 2.90. The van der Waals surface area contributed by atoms with E-state index < -0.39 is 0 Å². The minimum Gasteiger partial charge on any atom is -0.490 e. The fourth-order valence-corrected chi connectivity index (χ4v) is 3.21. The van der Waals surface area contributed by atoms with Gasteiger partial charge in [-0.3, -0.25) is 4.79 Å². The summed E-state index contributed by atoms with van der Waals surface area (Å²) >= 11 is 0. The summed E-state index contributed by atoms with van der Waals surface area (Å²) in [6, 6.07) is 5.57. The van der Waals surface area contributed by atoms with Gasteiger partial charge >= 0.3 is 0 Å². The van der Waals surface area contributed by atoms with Crippen LogP contribution in [0.15, 0.2) is 18.2 Å². The van der Waals surface area contributed by atoms with Gasteiger partial charge in [0.1, 0.15) is 0 Å². The van der Waals surface area contributed by atoms with Crippen molar-refractivity contribution in [2.45, 2.75) is 38.8 Å². The number of benzene rings is 1. The lowest BCUT2D eigenvalue weighted by Crippen LogP contribution is -2.53. The molecule has 3 atom stereocenters. The molecule has 1 aliphatic carbocycles. The number of amides is 1. The summed E-state index contributed by atoms with van der Waals surface area (Å²) in [5, 5.41) is 3.11. The van der Waals surface area contributed by atoms with Crippen LogP contribution in [0.2, 0.25) is 0 Å². The molecule has 1 aromatic carbocycles. The van der Waals surface area contributed by atoms with Gasteiger partial charge in [-0.1, -0.05) is 0 Å². The molecule has 2 fully saturated rings. The molecular weight excluding hydrogens is 282 g/mol. The first-order valence-corrected chi connectivity index (χ1v) is 8.05. The van der Waals surface area contributed by atoms with Crippen molar-refractivity contribution in [1.82, 2.24) is 5.32 Å². The monoisotopic (exact) mass is 305 g/mol. The molecule has 0 spiro atoms. The SMILES string of the molecule is CCOc1ccc(C(=O)N[C@@H]2C[C@H]3OCC[C@@H]23)cc1OCC. The van der Waals surface area contributed by atoms with Crippen LogP contribution in [0.5, 0.6) is 11.5 Å². The van der Waals surface area contributed by atoms with E-state index in [-0.39, 0.29) is 11.9 Å². The second-order valence-electron chi connectivity index (χ2n) is 5.70. The van der Waals surface area contributed by atoms with E-state index in [1.165, 1.54) is 0 Å². The van der Waals surface area contributed by atoms with Crippen LogP contribution in [-0.4, -0.2) is 37.9 Å². The number of carbonyl (C=O) groups excluding carboxylic acids is 1. The fourth-order valence-electron chi connectivity index (χ4n) is 3.21.